The Bertz CT molecular complexity index is 621. The summed E-state index contributed by atoms with van der Waals surface area (Å²) in [6.07, 6.45) is 3.49. The smallest absolute Gasteiger partial charge is 0.356 e. The predicted molar refractivity (Wildman–Crippen MR) is 70.8 cm³/mol. The van der Waals surface area contributed by atoms with Crippen LogP contribution < -0.4 is 5.32 Å². The Morgan fingerprint density at radius 2 is 2.30 bits per heavy atom. The molecule has 106 valence electrons. The van der Waals surface area contributed by atoms with E-state index < -0.39 is 5.97 Å². The first-order valence-corrected chi connectivity index (χ1v) is 6.73. The lowest BCUT2D eigenvalue weighted by Gasteiger charge is -2.04. The van der Waals surface area contributed by atoms with Crippen LogP contribution in [0.4, 0.5) is 0 Å². The second kappa shape index (κ2) is 6.24. The molecule has 0 bridgehead atoms. The van der Waals surface area contributed by atoms with Gasteiger partial charge in [-0.3, -0.25) is 4.79 Å². The van der Waals surface area contributed by atoms with E-state index in [2.05, 4.69) is 19.9 Å². The average molecular weight is 295 g/mol. The molecule has 0 aliphatic carbocycles. The number of carbonyl (C=O) groups excluding carboxylic acids is 1. The number of amides is 1. The molecule has 0 aliphatic heterocycles. The number of aromatic carboxylic acids is 1. The van der Waals surface area contributed by atoms with Crippen LogP contribution in [0.2, 0.25) is 0 Å². The molecular weight excluding hydrogens is 282 g/mol. The average Bonchev–Trinajstić information content (AvgIpc) is 3.07. The zero-order chi connectivity index (χ0) is 14.5. The van der Waals surface area contributed by atoms with Crippen LogP contribution in [-0.2, 0) is 13.0 Å². The summed E-state index contributed by atoms with van der Waals surface area (Å²) in [6, 6.07) is 0. The Morgan fingerprint density at radius 3 is 2.95 bits per heavy atom. The number of hydrogen-bond acceptors (Lipinski definition) is 6. The molecule has 0 aromatic carbocycles. The third-order valence-electron chi connectivity index (χ3n) is 2.60. The normalized spacial score (nSPS) is 10.4. The van der Waals surface area contributed by atoms with Gasteiger partial charge in [0.25, 0.3) is 5.91 Å². The quantitative estimate of drug-likeness (QED) is 0.799. The van der Waals surface area contributed by atoms with Crippen molar-refractivity contribution in [2.24, 2.45) is 0 Å². The van der Waals surface area contributed by atoms with Crippen LogP contribution in [0.3, 0.4) is 0 Å². The second-order valence-electron chi connectivity index (χ2n) is 3.96. The van der Waals surface area contributed by atoms with E-state index in [9.17, 15) is 9.59 Å². The van der Waals surface area contributed by atoms with Crippen molar-refractivity contribution in [1.82, 2.24) is 24.5 Å². The molecule has 2 aromatic heterocycles. The molecule has 1 amide bonds. The number of carboxylic acid groups (broad SMARTS) is 1. The van der Waals surface area contributed by atoms with Gasteiger partial charge in [0.1, 0.15) is 4.88 Å². The maximum absolute atomic E-state index is 11.9. The Morgan fingerprint density at radius 1 is 1.50 bits per heavy atom. The highest BCUT2D eigenvalue weighted by molar-refractivity contribution is 7.08. The lowest BCUT2D eigenvalue weighted by Crippen LogP contribution is -2.27. The van der Waals surface area contributed by atoms with Crippen molar-refractivity contribution < 1.29 is 14.7 Å². The summed E-state index contributed by atoms with van der Waals surface area (Å²) in [6.45, 7) is 2.72. The van der Waals surface area contributed by atoms with Gasteiger partial charge in [0.15, 0.2) is 5.69 Å². The monoisotopic (exact) mass is 295 g/mol. The van der Waals surface area contributed by atoms with Crippen molar-refractivity contribution >= 4 is 23.4 Å². The van der Waals surface area contributed by atoms with Crippen molar-refractivity contribution in [2.75, 3.05) is 6.54 Å². The molecule has 2 rings (SSSR count). The van der Waals surface area contributed by atoms with Crippen molar-refractivity contribution in [3.8, 4) is 0 Å². The van der Waals surface area contributed by atoms with Gasteiger partial charge in [-0.15, -0.1) is 5.10 Å². The van der Waals surface area contributed by atoms with Gasteiger partial charge in [0, 0.05) is 19.3 Å². The van der Waals surface area contributed by atoms with Gasteiger partial charge in [0.2, 0.25) is 0 Å². The van der Waals surface area contributed by atoms with E-state index in [0.29, 0.717) is 30.1 Å². The molecule has 0 unspecified atom stereocenters. The van der Waals surface area contributed by atoms with Gasteiger partial charge >= 0.3 is 5.97 Å². The number of nitrogens with one attached hydrogen (secondary N) is 1. The maximum atomic E-state index is 11.9. The van der Waals surface area contributed by atoms with Gasteiger partial charge in [-0.05, 0) is 18.0 Å². The summed E-state index contributed by atoms with van der Waals surface area (Å²) in [5.74, 6) is -1.29. The molecule has 8 nitrogen and oxygen atoms in total. The first kappa shape index (κ1) is 14.1. The van der Waals surface area contributed by atoms with E-state index in [0.717, 1.165) is 11.5 Å². The van der Waals surface area contributed by atoms with Crippen molar-refractivity contribution in [3.63, 3.8) is 0 Å². The molecule has 0 aliphatic rings. The Hall–Kier alpha value is -2.29. The summed E-state index contributed by atoms with van der Waals surface area (Å²) in [5.41, 5.74) is 0.666. The number of carbonyl (C=O) groups is 2. The fourth-order valence-corrected chi connectivity index (χ4v) is 2.25. The van der Waals surface area contributed by atoms with Crippen molar-refractivity contribution in [1.29, 1.82) is 0 Å². The maximum Gasteiger partial charge on any atom is 0.356 e. The Kier molecular flexibility index (Phi) is 4.41. The largest absolute Gasteiger partial charge is 0.476 e. The van der Waals surface area contributed by atoms with Crippen LogP contribution in [0.15, 0.2) is 12.5 Å². The lowest BCUT2D eigenvalue weighted by molar-refractivity contribution is 0.0690. The number of nitrogens with zero attached hydrogens (tertiary/aromatic N) is 4. The third kappa shape index (κ3) is 3.18. The summed E-state index contributed by atoms with van der Waals surface area (Å²) in [5, 5.41) is 15.4. The number of rotatable bonds is 6. The molecule has 2 N–H and O–H groups in total. The van der Waals surface area contributed by atoms with Gasteiger partial charge in [-0.2, -0.15) is 0 Å². The van der Waals surface area contributed by atoms with E-state index in [1.54, 1.807) is 4.57 Å². The highest BCUT2D eigenvalue weighted by atomic mass is 32.1. The van der Waals surface area contributed by atoms with E-state index in [-0.39, 0.29) is 11.6 Å². The lowest BCUT2D eigenvalue weighted by atomic mass is 10.3. The molecule has 20 heavy (non-hydrogen) atoms. The van der Waals surface area contributed by atoms with Crippen LogP contribution >= 0.6 is 11.5 Å². The second-order valence-corrected chi connectivity index (χ2v) is 4.71. The van der Waals surface area contributed by atoms with E-state index in [4.69, 9.17) is 5.11 Å². The number of hydrogen-bond donors (Lipinski definition) is 2. The minimum absolute atomic E-state index is 0.0174. The summed E-state index contributed by atoms with van der Waals surface area (Å²) >= 11 is 1.07. The Balaban J connectivity index is 1.86. The van der Waals surface area contributed by atoms with Crippen LogP contribution in [0.1, 0.15) is 32.8 Å². The first-order chi connectivity index (χ1) is 9.61. The number of carboxylic acids is 1. The first-order valence-electron chi connectivity index (χ1n) is 5.96. The fourth-order valence-electron chi connectivity index (χ4n) is 1.58. The molecule has 0 radical (unpaired) electrons. The summed E-state index contributed by atoms with van der Waals surface area (Å²) < 4.78 is 5.36. The van der Waals surface area contributed by atoms with E-state index >= 15 is 0 Å². The van der Waals surface area contributed by atoms with E-state index in [1.165, 1.54) is 12.5 Å². The standard InChI is InChI=1S/C11H13N5O3S/c1-2-7-9(20-15-14-7)10(17)12-3-4-16-5-8(11(18)19)13-6-16/h5-6H,2-4H2,1H3,(H,12,17)(H,18,19). The fraction of sp³-hybridized carbons (Fsp3) is 0.364. The molecule has 0 spiro atoms. The molecule has 0 atom stereocenters. The van der Waals surface area contributed by atoms with Crippen molar-refractivity contribution in [2.45, 2.75) is 19.9 Å². The summed E-state index contributed by atoms with van der Waals surface area (Å²) in [4.78, 5) is 26.8. The van der Waals surface area contributed by atoms with Gasteiger partial charge in [-0.1, -0.05) is 11.4 Å². The molecule has 0 fully saturated rings. The van der Waals surface area contributed by atoms with Crippen LogP contribution in [0, 0.1) is 0 Å². The predicted octanol–water partition coefficient (Wildman–Crippen LogP) is 0.425. The highest BCUT2D eigenvalue weighted by Gasteiger charge is 2.14. The number of imidazole rings is 1. The molecule has 0 saturated heterocycles. The van der Waals surface area contributed by atoms with Gasteiger partial charge in [-0.25, -0.2) is 9.78 Å². The zero-order valence-corrected chi connectivity index (χ0v) is 11.6. The molecule has 2 heterocycles. The molecular formula is C11H13N5O3S. The topological polar surface area (TPSA) is 110 Å². The van der Waals surface area contributed by atoms with Crippen LogP contribution in [0.25, 0.3) is 0 Å². The number of aryl methyl sites for hydroxylation is 1. The number of aromatic nitrogens is 4. The highest BCUT2D eigenvalue weighted by Crippen LogP contribution is 2.10. The van der Waals surface area contributed by atoms with Crippen LogP contribution in [-0.4, -0.2) is 42.7 Å². The molecule has 9 heteroatoms. The van der Waals surface area contributed by atoms with Crippen LogP contribution in [0.5, 0.6) is 0 Å². The summed E-state index contributed by atoms with van der Waals surface area (Å²) in [7, 11) is 0. The SMILES string of the molecule is CCc1nnsc1C(=O)NCCn1cnc(C(=O)O)c1. The third-order valence-corrected chi connectivity index (χ3v) is 3.37. The van der Waals surface area contributed by atoms with Gasteiger partial charge in [0.05, 0.1) is 12.0 Å². The minimum Gasteiger partial charge on any atom is -0.476 e. The molecule has 0 saturated carbocycles. The zero-order valence-electron chi connectivity index (χ0n) is 10.7. The van der Waals surface area contributed by atoms with Crippen molar-refractivity contribution in [3.05, 3.63) is 28.8 Å². The van der Waals surface area contributed by atoms with E-state index in [1.807, 2.05) is 6.92 Å². The molecule has 2 aromatic rings. The van der Waals surface area contributed by atoms with Gasteiger partial charge < -0.3 is 15.0 Å². The minimum atomic E-state index is -1.07. The Labute approximate surface area is 118 Å².